The number of carbonyl (C=O) groups excluding carboxylic acids is 1. The Morgan fingerprint density at radius 3 is 2.61 bits per heavy atom. The Kier molecular flexibility index (Phi) is 3.61. The van der Waals surface area contributed by atoms with Crippen molar-refractivity contribution in [3.63, 3.8) is 0 Å². The third kappa shape index (κ3) is 2.64. The number of rotatable bonds is 2. The monoisotopic (exact) mass is 322 g/mol. The van der Waals surface area contributed by atoms with E-state index in [4.69, 9.17) is 4.74 Å². The number of hydrogen-bond donors (Lipinski definition) is 0. The quantitative estimate of drug-likeness (QED) is 0.835. The second-order valence-electron chi connectivity index (χ2n) is 6.89. The fraction of sp³-hybridized carbons (Fsp3) is 0.588. The molecule has 1 atom stereocenters. The molecule has 0 saturated carbocycles. The number of ether oxygens (including phenoxy) is 1. The van der Waals surface area contributed by atoms with Crippen LogP contribution in [-0.2, 0) is 4.74 Å². The lowest BCUT2D eigenvalue weighted by molar-refractivity contribution is -0.0950. The maximum atomic E-state index is 13.3. The van der Waals surface area contributed by atoms with Crippen LogP contribution in [0.2, 0.25) is 0 Å². The number of benzene rings is 1. The second kappa shape index (κ2) is 5.53. The summed E-state index contributed by atoms with van der Waals surface area (Å²) >= 11 is 0. The van der Waals surface area contributed by atoms with Gasteiger partial charge in [0.2, 0.25) is 0 Å². The van der Waals surface area contributed by atoms with E-state index in [9.17, 15) is 13.6 Å². The van der Waals surface area contributed by atoms with Gasteiger partial charge in [-0.3, -0.25) is 9.69 Å². The fourth-order valence-corrected chi connectivity index (χ4v) is 3.99. The Hall–Kier alpha value is -1.53. The molecule has 4 nitrogen and oxygen atoms in total. The van der Waals surface area contributed by atoms with E-state index in [1.54, 1.807) is 4.90 Å². The summed E-state index contributed by atoms with van der Waals surface area (Å²) < 4.78 is 32.2. The van der Waals surface area contributed by atoms with E-state index in [0.29, 0.717) is 19.1 Å². The van der Waals surface area contributed by atoms with Crippen LogP contribution in [0.3, 0.4) is 0 Å². The van der Waals surface area contributed by atoms with Crippen LogP contribution in [0.4, 0.5) is 8.78 Å². The van der Waals surface area contributed by atoms with Crippen LogP contribution in [0, 0.1) is 11.6 Å². The molecule has 6 heteroatoms. The molecule has 1 spiro atoms. The van der Waals surface area contributed by atoms with Crippen LogP contribution < -0.4 is 0 Å². The average Bonchev–Trinajstić information content (AvgIpc) is 3.16. The number of nitrogens with zero attached hydrogens (tertiary/aromatic N) is 2. The highest BCUT2D eigenvalue weighted by Gasteiger charge is 2.52. The third-order valence-electron chi connectivity index (χ3n) is 5.26. The average molecular weight is 322 g/mol. The molecular formula is C17H20F2N2O2. The molecular weight excluding hydrogens is 302 g/mol. The van der Waals surface area contributed by atoms with Gasteiger partial charge in [0.1, 0.15) is 5.60 Å². The van der Waals surface area contributed by atoms with Gasteiger partial charge in [0.05, 0.1) is 19.7 Å². The van der Waals surface area contributed by atoms with Gasteiger partial charge in [-0.15, -0.1) is 0 Å². The Labute approximate surface area is 134 Å². The molecule has 4 rings (SSSR count). The van der Waals surface area contributed by atoms with E-state index >= 15 is 0 Å². The van der Waals surface area contributed by atoms with Gasteiger partial charge >= 0.3 is 0 Å². The van der Waals surface area contributed by atoms with Gasteiger partial charge in [-0.2, -0.15) is 0 Å². The summed E-state index contributed by atoms with van der Waals surface area (Å²) in [5.41, 5.74) is -0.0468. The zero-order valence-electron chi connectivity index (χ0n) is 12.9. The SMILES string of the molecule is O=C(c1ccc(F)c(F)c1)N1CC2(CC(N3CCCC3)CO2)C1. The van der Waals surface area contributed by atoms with Crippen molar-refractivity contribution >= 4 is 5.91 Å². The molecule has 3 aliphatic rings. The summed E-state index contributed by atoms with van der Waals surface area (Å²) in [4.78, 5) is 16.5. The van der Waals surface area contributed by atoms with E-state index in [2.05, 4.69) is 4.90 Å². The molecule has 1 amide bonds. The van der Waals surface area contributed by atoms with Crippen molar-refractivity contribution in [3.05, 3.63) is 35.4 Å². The smallest absolute Gasteiger partial charge is 0.254 e. The first kappa shape index (κ1) is 15.0. The van der Waals surface area contributed by atoms with Crippen LogP contribution in [0.1, 0.15) is 29.6 Å². The van der Waals surface area contributed by atoms with Gasteiger partial charge < -0.3 is 9.64 Å². The van der Waals surface area contributed by atoms with E-state index in [0.717, 1.165) is 38.2 Å². The van der Waals surface area contributed by atoms with Crippen molar-refractivity contribution in [3.8, 4) is 0 Å². The first-order valence-electron chi connectivity index (χ1n) is 8.19. The van der Waals surface area contributed by atoms with Crippen molar-refractivity contribution in [2.75, 3.05) is 32.8 Å². The van der Waals surface area contributed by atoms with Crippen LogP contribution in [-0.4, -0.2) is 60.1 Å². The highest BCUT2D eigenvalue weighted by Crippen LogP contribution is 2.38. The van der Waals surface area contributed by atoms with E-state index in [1.807, 2.05) is 0 Å². The topological polar surface area (TPSA) is 32.8 Å². The van der Waals surface area contributed by atoms with Crippen molar-refractivity contribution in [2.24, 2.45) is 0 Å². The molecule has 3 aliphatic heterocycles. The standard InChI is InChI=1S/C17H20F2N2O2/c18-14-4-3-12(7-15(14)19)16(22)21-10-17(11-21)8-13(9-23-17)20-5-1-2-6-20/h3-4,7,13H,1-2,5-6,8-11H2. The molecule has 1 aromatic rings. The summed E-state index contributed by atoms with van der Waals surface area (Å²) in [7, 11) is 0. The summed E-state index contributed by atoms with van der Waals surface area (Å²) in [6, 6.07) is 3.74. The normalized spacial score (nSPS) is 26.7. The largest absolute Gasteiger partial charge is 0.370 e. The number of hydrogen-bond acceptors (Lipinski definition) is 3. The predicted octanol–water partition coefficient (Wildman–Crippen LogP) is 2.04. The van der Waals surface area contributed by atoms with Gasteiger partial charge in [0, 0.05) is 11.6 Å². The molecule has 0 radical (unpaired) electrons. The first-order chi connectivity index (χ1) is 11.1. The predicted molar refractivity (Wildman–Crippen MR) is 80.2 cm³/mol. The first-order valence-corrected chi connectivity index (χ1v) is 8.19. The molecule has 0 aliphatic carbocycles. The van der Waals surface area contributed by atoms with Crippen molar-refractivity contribution in [1.82, 2.24) is 9.80 Å². The zero-order chi connectivity index (χ0) is 16.0. The minimum Gasteiger partial charge on any atom is -0.370 e. The summed E-state index contributed by atoms with van der Waals surface area (Å²) in [6.07, 6.45) is 3.46. The Morgan fingerprint density at radius 2 is 1.91 bits per heavy atom. The maximum absolute atomic E-state index is 13.3. The van der Waals surface area contributed by atoms with Crippen LogP contribution in [0.25, 0.3) is 0 Å². The summed E-state index contributed by atoms with van der Waals surface area (Å²) in [5.74, 6) is -2.19. The second-order valence-corrected chi connectivity index (χ2v) is 6.89. The van der Waals surface area contributed by atoms with Crippen LogP contribution in [0.5, 0.6) is 0 Å². The number of carbonyl (C=O) groups is 1. The van der Waals surface area contributed by atoms with Gasteiger partial charge in [-0.25, -0.2) is 8.78 Å². The van der Waals surface area contributed by atoms with E-state index < -0.39 is 11.6 Å². The lowest BCUT2D eigenvalue weighted by Gasteiger charge is -2.47. The Morgan fingerprint density at radius 1 is 1.17 bits per heavy atom. The summed E-state index contributed by atoms with van der Waals surface area (Å²) in [6.45, 7) is 4.08. The van der Waals surface area contributed by atoms with Gasteiger partial charge in [0.25, 0.3) is 5.91 Å². The van der Waals surface area contributed by atoms with Crippen molar-refractivity contribution in [1.29, 1.82) is 0 Å². The lowest BCUT2D eigenvalue weighted by atomic mass is 9.88. The molecule has 3 saturated heterocycles. The van der Waals surface area contributed by atoms with Gasteiger partial charge in [-0.05, 0) is 50.6 Å². The van der Waals surface area contributed by atoms with E-state index in [1.165, 1.54) is 18.9 Å². The molecule has 3 fully saturated rings. The molecule has 0 N–H and O–H groups in total. The number of halogens is 2. The molecule has 3 heterocycles. The maximum Gasteiger partial charge on any atom is 0.254 e. The van der Waals surface area contributed by atoms with Gasteiger partial charge in [-0.1, -0.05) is 0 Å². The van der Waals surface area contributed by atoms with Crippen LogP contribution >= 0.6 is 0 Å². The molecule has 0 bridgehead atoms. The van der Waals surface area contributed by atoms with Crippen molar-refractivity contribution < 1.29 is 18.3 Å². The van der Waals surface area contributed by atoms with E-state index in [-0.39, 0.29) is 17.1 Å². The number of amides is 1. The molecule has 23 heavy (non-hydrogen) atoms. The van der Waals surface area contributed by atoms with Crippen molar-refractivity contribution in [2.45, 2.75) is 30.9 Å². The molecule has 1 aromatic carbocycles. The number of likely N-dealkylation sites (tertiary alicyclic amines) is 2. The van der Waals surface area contributed by atoms with Crippen LogP contribution in [0.15, 0.2) is 18.2 Å². The summed E-state index contributed by atoms with van der Waals surface area (Å²) in [5, 5.41) is 0. The Balaban J connectivity index is 1.37. The lowest BCUT2D eigenvalue weighted by Crippen LogP contribution is -2.63. The molecule has 124 valence electrons. The fourth-order valence-electron chi connectivity index (χ4n) is 3.99. The van der Waals surface area contributed by atoms with Gasteiger partial charge in [0.15, 0.2) is 11.6 Å². The Bertz CT molecular complexity index is 625. The minimum atomic E-state index is -0.989. The third-order valence-corrected chi connectivity index (χ3v) is 5.26. The highest BCUT2D eigenvalue weighted by atomic mass is 19.2. The molecule has 1 unspecified atom stereocenters. The molecule has 0 aromatic heterocycles. The highest BCUT2D eigenvalue weighted by molar-refractivity contribution is 5.95. The zero-order valence-corrected chi connectivity index (χ0v) is 12.9. The minimum absolute atomic E-state index is 0.188.